The molecule has 3 aromatic rings. The van der Waals surface area contributed by atoms with Crippen molar-refractivity contribution < 1.29 is 4.74 Å². The molecule has 0 atom stereocenters. The number of benzene rings is 3. The molecular formula is C21H20OS. The van der Waals surface area contributed by atoms with E-state index in [1.54, 1.807) is 7.11 Å². The Morgan fingerprint density at radius 1 is 0.739 bits per heavy atom. The molecule has 3 aromatic carbocycles. The van der Waals surface area contributed by atoms with E-state index in [1.807, 2.05) is 0 Å². The Bertz CT molecular complexity index is 852. The Labute approximate surface area is 139 Å². The molecule has 116 valence electrons. The zero-order valence-electron chi connectivity index (χ0n) is 13.7. The highest BCUT2D eigenvalue weighted by Crippen LogP contribution is 2.74. The van der Waals surface area contributed by atoms with Crippen LogP contribution in [-0.4, -0.2) is 13.4 Å². The van der Waals surface area contributed by atoms with E-state index in [2.05, 4.69) is 79.9 Å². The Hall–Kier alpha value is -2.19. The van der Waals surface area contributed by atoms with Gasteiger partial charge in [-0.1, -0.05) is 36.4 Å². The van der Waals surface area contributed by atoms with Crippen LogP contribution < -0.4 is 4.74 Å². The van der Waals surface area contributed by atoms with Crippen LogP contribution >= 0.6 is 10.0 Å². The number of fused-ring (bicyclic) bond motifs is 3. The summed E-state index contributed by atoms with van der Waals surface area (Å²) in [4.78, 5) is 4.36. The van der Waals surface area contributed by atoms with Gasteiger partial charge in [0.1, 0.15) is 5.75 Å². The molecule has 4 rings (SSSR count). The molecule has 1 aliphatic heterocycles. The number of hydrogen-bond donors (Lipinski definition) is 0. The maximum Gasteiger partial charge on any atom is 0.119 e. The Morgan fingerprint density at radius 2 is 1.30 bits per heavy atom. The lowest BCUT2D eigenvalue weighted by Gasteiger charge is -2.35. The number of rotatable bonds is 2. The van der Waals surface area contributed by atoms with Crippen LogP contribution in [0.15, 0.2) is 81.4 Å². The Kier molecular flexibility index (Phi) is 3.24. The van der Waals surface area contributed by atoms with E-state index >= 15 is 0 Å². The fourth-order valence-corrected chi connectivity index (χ4v) is 7.34. The monoisotopic (exact) mass is 320 g/mol. The molecule has 0 radical (unpaired) electrons. The molecule has 0 unspecified atom stereocenters. The maximum atomic E-state index is 5.39. The highest BCUT2D eigenvalue weighted by atomic mass is 32.3. The lowest BCUT2D eigenvalue weighted by molar-refractivity contribution is 0.414. The van der Waals surface area contributed by atoms with Crippen molar-refractivity contribution in [2.24, 2.45) is 0 Å². The van der Waals surface area contributed by atoms with Crippen LogP contribution in [0, 0.1) is 6.92 Å². The Morgan fingerprint density at radius 3 is 1.83 bits per heavy atom. The van der Waals surface area contributed by atoms with Crippen molar-refractivity contribution in [2.45, 2.75) is 21.6 Å². The van der Waals surface area contributed by atoms with Gasteiger partial charge >= 0.3 is 0 Å². The molecule has 0 bridgehead atoms. The van der Waals surface area contributed by atoms with Gasteiger partial charge in [-0.15, -0.1) is 0 Å². The highest BCUT2D eigenvalue weighted by Gasteiger charge is 2.37. The molecule has 23 heavy (non-hydrogen) atoms. The molecule has 0 saturated heterocycles. The van der Waals surface area contributed by atoms with Crippen LogP contribution in [0.3, 0.4) is 0 Å². The molecule has 0 spiro atoms. The molecule has 0 aliphatic carbocycles. The van der Waals surface area contributed by atoms with Crippen LogP contribution in [0.2, 0.25) is 0 Å². The standard InChI is InChI=1S/C21H20OS/c1-15-14-16(22-2)12-13-19(15)23(3)20-10-6-4-8-17(20)18-9-5-7-11-21(18)23/h4-14H,1-3H3. The summed E-state index contributed by atoms with van der Waals surface area (Å²) in [7, 11) is 0.513. The van der Waals surface area contributed by atoms with E-state index in [-0.39, 0.29) is 0 Å². The summed E-state index contributed by atoms with van der Waals surface area (Å²) in [6.07, 6.45) is 2.42. The van der Waals surface area contributed by atoms with Crippen molar-refractivity contribution in [3.63, 3.8) is 0 Å². The van der Waals surface area contributed by atoms with Gasteiger partial charge in [-0.05, 0) is 60.2 Å². The summed E-state index contributed by atoms with van der Waals surface area (Å²) < 4.78 is 5.39. The molecule has 1 heterocycles. The number of aryl methyl sites for hydroxylation is 1. The van der Waals surface area contributed by atoms with Gasteiger partial charge in [0.25, 0.3) is 0 Å². The second kappa shape index (κ2) is 5.17. The minimum atomic E-state index is -1.21. The molecule has 0 fully saturated rings. The topological polar surface area (TPSA) is 9.23 Å². The zero-order valence-corrected chi connectivity index (χ0v) is 14.5. The molecular weight excluding hydrogens is 300 g/mol. The third-order valence-corrected chi connectivity index (χ3v) is 8.57. The fourth-order valence-electron chi connectivity index (χ4n) is 3.65. The lowest BCUT2D eigenvalue weighted by atomic mass is 10.1. The van der Waals surface area contributed by atoms with Crippen molar-refractivity contribution in [2.75, 3.05) is 13.4 Å². The predicted molar refractivity (Wildman–Crippen MR) is 97.9 cm³/mol. The minimum Gasteiger partial charge on any atom is -0.497 e. The number of methoxy groups -OCH3 is 1. The van der Waals surface area contributed by atoms with Crippen LogP contribution in [0.1, 0.15) is 5.56 Å². The van der Waals surface area contributed by atoms with Gasteiger partial charge in [0, 0.05) is 14.7 Å². The Balaban J connectivity index is 2.04. The largest absolute Gasteiger partial charge is 0.497 e. The summed E-state index contributed by atoms with van der Waals surface area (Å²) in [5.41, 5.74) is 4.07. The quantitative estimate of drug-likeness (QED) is 0.571. The maximum absolute atomic E-state index is 5.39. The fraction of sp³-hybridized carbons (Fsp3) is 0.143. The molecule has 1 nitrogen and oxygen atoms in total. The first-order valence-electron chi connectivity index (χ1n) is 7.78. The van der Waals surface area contributed by atoms with E-state index in [1.165, 1.54) is 31.4 Å². The SMILES string of the molecule is COc1ccc(S2(C)c3ccccc3-c3ccccc32)c(C)c1. The van der Waals surface area contributed by atoms with Gasteiger partial charge < -0.3 is 4.74 Å². The molecule has 0 aromatic heterocycles. The summed E-state index contributed by atoms with van der Waals surface area (Å²) >= 11 is 0. The second-order valence-corrected chi connectivity index (χ2v) is 9.20. The minimum absolute atomic E-state index is 0.925. The van der Waals surface area contributed by atoms with Crippen molar-refractivity contribution in [1.29, 1.82) is 0 Å². The van der Waals surface area contributed by atoms with E-state index in [0.717, 1.165) is 5.75 Å². The van der Waals surface area contributed by atoms with Gasteiger partial charge in [-0.3, -0.25) is 0 Å². The third-order valence-electron chi connectivity index (χ3n) is 4.77. The van der Waals surface area contributed by atoms with Gasteiger partial charge in [0.15, 0.2) is 0 Å². The van der Waals surface area contributed by atoms with Gasteiger partial charge in [-0.25, -0.2) is 0 Å². The first kappa shape index (κ1) is 14.4. The molecule has 0 saturated carbocycles. The van der Waals surface area contributed by atoms with E-state index in [4.69, 9.17) is 4.74 Å². The lowest BCUT2D eigenvalue weighted by Crippen LogP contribution is -2.00. The number of ether oxygens (including phenoxy) is 1. The van der Waals surface area contributed by atoms with Crippen LogP contribution in [-0.2, 0) is 0 Å². The van der Waals surface area contributed by atoms with Crippen LogP contribution in [0.4, 0.5) is 0 Å². The third kappa shape index (κ3) is 1.95. The first-order valence-corrected chi connectivity index (χ1v) is 9.82. The van der Waals surface area contributed by atoms with Crippen LogP contribution in [0.5, 0.6) is 5.75 Å². The first-order chi connectivity index (χ1) is 11.2. The smallest absolute Gasteiger partial charge is 0.119 e. The van der Waals surface area contributed by atoms with Crippen molar-refractivity contribution in [3.05, 3.63) is 72.3 Å². The average Bonchev–Trinajstić information content (AvgIpc) is 2.86. The van der Waals surface area contributed by atoms with Crippen molar-refractivity contribution in [1.82, 2.24) is 0 Å². The van der Waals surface area contributed by atoms with E-state index < -0.39 is 10.0 Å². The van der Waals surface area contributed by atoms with Gasteiger partial charge in [0.2, 0.25) is 0 Å². The molecule has 0 N–H and O–H groups in total. The van der Waals surface area contributed by atoms with Crippen molar-refractivity contribution in [3.8, 4) is 16.9 Å². The molecule has 2 heteroatoms. The summed E-state index contributed by atoms with van der Waals surface area (Å²) in [5.74, 6) is 0.925. The summed E-state index contributed by atoms with van der Waals surface area (Å²) in [6, 6.07) is 24.2. The van der Waals surface area contributed by atoms with Gasteiger partial charge in [-0.2, -0.15) is 10.0 Å². The highest BCUT2D eigenvalue weighted by molar-refractivity contribution is 8.33. The van der Waals surface area contributed by atoms with E-state index in [9.17, 15) is 0 Å². The van der Waals surface area contributed by atoms with E-state index in [0.29, 0.717) is 0 Å². The molecule has 0 amide bonds. The van der Waals surface area contributed by atoms with Crippen LogP contribution in [0.25, 0.3) is 11.1 Å². The second-order valence-electron chi connectivity index (χ2n) is 6.04. The summed E-state index contributed by atoms with van der Waals surface area (Å²) in [6.45, 7) is 2.19. The molecule has 1 aliphatic rings. The number of hydrogen-bond acceptors (Lipinski definition) is 1. The average molecular weight is 320 g/mol. The zero-order chi connectivity index (χ0) is 16.0. The van der Waals surface area contributed by atoms with Gasteiger partial charge in [0.05, 0.1) is 7.11 Å². The predicted octanol–water partition coefficient (Wildman–Crippen LogP) is 5.90. The summed E-state index contributed by atoms with van der Waals surface area (Å²) in [5, 5.41) is 0. The van der Waals surface area contributed by atoms with Crippen molar-refractivity contribution >= 4 is 10.0 Å². The normalized spacial score (nSPS) is 15.6.